The van der Waals surface area contributed by atoms with Gasteiger partial charge >= 0.3 is 6.01 Å². The maximum absolute atomic E-state index is 12.9. The van der Waals surface area contributed by atoms with Gasteiger partial charge < -0.3 is 4.42 Å². The normalized spacial score (nSPS) is 11.2. The maximum atomic E-state index is 12.9. The number of halogens is 1. The number of hydrogen-bond donors (Lipinski definition) is 1. The summed E-state index contributed by atoms with van der Waals surface area (Å²) in [7, 11) is -3.92. The molecule has 1 N–H and O–H groups in total. The predicted molar refractivity (Wildman–Crippen MR) is 84.6 cm³/mol. The lowest BCUT2D eigenvalue weighted by Crippen LogP contribution is -2.23. The van der Waals surface area contributed by atoms with Gasteiger partial charge in [-0.3, -0.25) is 15.1 Å². The van der Waals surface area contributed by atoms with E-state index >= 15 is 0 Å². The van der Waals surface area contributed by atoms with Gasteiger partial charge in [0.1, 0.15) is 11.6 Å². The van der Waals surface area contributed by atoms with E-state index < -0.39 is 27.3 Å². The lowest BCUT2D eigenvalue weighted by Gasteiger charge is -2.03. The minimum absolute atomic E-state index is 0.152. The summed E-state index contributed by atoms with van der Waals surface area (Å²) in [5, 5.41) is 9.61. The van der Waals surface area contributed by atoms with E-state index in [2.05, 4.69) is 20.5 Å². The third-order valence-electron chi connectivity index (χ3n) is 3.09. The zero-order valence-corrected chi connectivity index (χ0v) is 13.4. The van der Waals surface area contributed by atoms with E-state index in [0.29, 0.717) is 5.56 Å². The van der Waals surface area contributed by atoms with Gasteiger partial charge in [-0.1, -0.05) is 5.10 Å². The van der Waals surface area contributed by atoms with E-state index in [1.807, 2.05) is 0 Å². The van der Waals surface area contributed by atoms with Crippen LogP contribution in [0.25, 0.3) is 11.5 Å². The first-order valence-corrected chi connectivity index (χ1v) is 8.61. The van der Waals surface area contributed by atoms with Crippen molar-refractivity contribution < 1.29 is 22.0 Å². The van der Waals surface area contributed by atoms with Gasteiger partial charge in [-0.15, -0.1) is 5.10 Å². The summed E-state index contributed by atoms with van der Waals surface area (Å²) < 4.78 is 42.3. The second-order valence-electron chi connectivity index (χ2n) is 4.91. The first kappa shape index (κ1) is 16.7. The van der Waals surface area contributed by atoms with Crippen molar-refractivity contribution in [3.63, 3.8) is 0 Å². The molecule has 0 spiro atoms. The molecule has 0 saturated carbocycles. The molecule has 0 bridgehead atoms. The van der Waals surface area contributed by atoms with E-state index in [1.165, 1.54) is 12.4 Å². The molecule has 8 nitrogen and oxygen atoms in total. The number of aromatic nitrogens is 3. The van der Waals surface area contributed by atoms with Crippen LogP contribution in [0.4, 0.5) is 10.4 Å². The third-order valence-corrected chi connectivity index (χ3v) is 4.73. The van der Waals surface area contributed by atoms with Gasteiger partial charge in [0, 0.05) is 18.0 Å². The fourth-order valence-corrected chi connectivity index (χ4v) is 3.07. The number of amides is 1. The average molecular weight is 362 g/mol. The highest BCUT2D eigenvalue weighted by molar-refractivity contribution is 7.92. The molecule has 0 unspecified atom stereocenters. The summed E-state index contributed by atoms with van der Waals surface area (Å²) in [5.41, 5.74) is 0.599. The van der Waals surface area contributed by atoms with Crippen LogP contribution in [0.3, 0.4) is 0 Å². The van der Waals surface area contributed by atoms with Crippen molar-refractivity contribution in [2.24, 2.45) is 0 Å². The highest BCUT2D eigenvalue weighted by Crippen LogP contribution is 2.19. The number of carbonyl (C=O) groups is 1. The van der Waals surface area contributed by atoms with Crippen LogP contribution < -0.4 is 5.32 Å². The van der Waals surface area contributed by atoms with Crippen molar-refractivity contribution in [2.75, 3.05) is 11.1 Å². The molecule has 25 heavy (non-hydrogen) atoms. The number of nitrogens with zero attached hydrogens (tertiary/aromatic N) is 3. The summed E-state index contributed by atoms with van der Waals surface area (Å²) in [5.74, 6) is -2.11. The number of rotatable bonds is 5. The molecule has 2 aromatic heterocycles. The Kier molecular flexibility index (Phi) is 4.52. The van der Waals surface area contributed by atoms with Crippen molar-refractivity contribution in [3.05, 3.63) is 54.6 Å². The van der Waals surface area contributed by atoms with Crippen LogP contribution in [0.2, 0.25) is 0 Å². The van der Waals surface area contributed by atoms with Crippen LogP contribution in [-0.2, 0) is 14.6 Å². The Hall–Kier alpha value is -3.14. The van der Waals surface area contributed by atoms with E-state index in [4.69, 9.17) is 4.42 Å². The van der Waals surface area contributed by atoms with E-state index in [1.54, 1.807) is 12.1 Å². The fourth-order valence-electron chi connectivity index (χ4n) is 1.94. The lowest BCUT2D eigenvalue weighted by atomic mass is 10.3. The second-order valence-corrected chi connectivity index (χ2v) is 6.90. The van der Waals surface area contributed by atoms with Crippen LogP contribution in [0.5, 0.6) is 0 Å². The Morgan fingerprint density at radius 2 is 1.76 bits per heavy atom. The Balaban J connectivity index is 1.69. The van der Waals surface area contributed by atoms with Crippen LogP contribution in [0, 0.1) is 5.82 Å². The molecule has 1 aromatic carbocycles. The van der Waals surface area contributed by atoms with Gasteiger partial charge in [0.15, 0.2) is 9.84 Å². The Morgan fingerprint density at radius 1 is 1.08 bits per heavy atom. The van der Waals surface area contributed by atoms with Gasteiger partial charge in [0.05, 0.1) is 4.90 Å². The number of carbonyl (C=O) groups excluding carboxylic acids is 1. The summed E-state index contributed by atoms with van der Waals surface area (Å²) in [4.78, 5) is 15.6. The van der Waals surface area contributed by atoms with E-state index in [9.17, 15) is 17.6 Å². The molecular formula is C15H11FN4O4S. The van der Waals surface area contributed by atoms with Gasteiger partial charge in [0.25, 0.3) is 0 Å². The van der Waals surface area contributed by atoms with Gasteiger partial charge in [-0.05, 0) is 36.4 Å². The molecule has 128 valence electrons. The van der Waals surface area contributed by atoms with Crippen LogP contribution >= 0.6 is 0 Å². The lowest BCUT2D eigenvalue weighted by molar-refractivity contribution is -0.114. The Labute approximate surface area is 141 Å². The molecule has 3 rings (SSSR count). The highest BCUT2D eigenvalue weighted by Gasteiger charge is 2.21. The molecule has 0 aliphatic rings. The summed E-state index contributed by atoms with van der Waals surface area (Å²) in [6.07, 6.45) is 3.07. The number of pyridine rings is 1. The molecular weight excluding hydrogens is 351 g/mol. The zero-order valence-electron chi connectivity index (χ0n) is 12.6. The number of anilines is 1. The van der Waals surface area contributed by atoms with Crippen LogP contribution in [0.1, 0.15) is 0 Å². The Bertz CT molecular complexity index is 988. The standard InChI is InChI=1S/C15H11FN4O4S/c16-11-1-3-12(4-2-11)25(22,23)9-13(21)18-15-20-19-14(24-15)10-5-7-17-8-6-10/h1-8H,9H2,(H,18,20,21). The molecule has 0 saturated heterocycles. The molecule has 0 radical (unpaired) electrons. The van der Waals surface area contributed by atoms with E-state index in [-0.39, 0.29) is 16.8 Å². The van der Waals surface area contributed by atoms with Crippen molar-refractivity contribution in [1.82, 2.24) is 15.2 Å². The summed E-state index contributed by atoms with van der Waals surface area (Å²) >= 11 is 0. The number of sulfone groups is 1. The quantitative estimate of drug-likeness (QED) is 0.687. The molecule has 0 aliphatic carbocycles. The second kappa shape index (κ2) is 6.77. The summed E-state index contributed by atoms with van der Waals surface area (Å²) in [6.45, 7) is 0. The van der Waals surface area contributed by atoms with Crippen LogP contribution in [0.15, 0.2) is 58.1 Å². The van der Waals surface area contributed by atoms with Crippen LogP contribution in [-0.4, -0.2) is 35.3 Å². The Morgan fingerprint density at radius 3 is 2.44 bits per heavy atom. The fraction of sp³-hybridized carbons (Fsp3) is 0.0667. The van der Waals surface area contributed by atoms with E-state index in [0.717, 1.165) is 24.3 Å². The monoisotopic (exact) mass is 362 g/mol. The minimum Gasteiger partial charge on any atom is -0.403 e. The zero-order chi connectivity index (χ0) is 17.9. The van der Waals surface area contributed by atoms with Crippen molar-refractivity contribution in [1.29, 1.82) is 0 Å². The molecule has 10 heteroatoms. The molecule has 1 amide bonds. The minimum atomic E-state index is -3.92. The van der Waals surface area contributed by atoms with Gasteiger partial charge in [-0.2, -0.15) is 0 Å². The smallest absolute Gasteiger partial charge is 0.322 e. The molecule has 3 aromatic rings. The predicted octanol–water partition coefficient (Wildman–Crippen LogP) is 1.68. The molecule has 0 fully saturated rings. The molecule has 0 aliphatic heterocycles. The van der Waals surface area contributed by atoms with Crippen molar-refractivity contribution >= 4 is 21.8 Å². The largest absolute Gasteiger partial charge is 0.403 e. The SMILES string of the molecule is O=C(CS(=O)(=O)c1ccc(F)cc1)Nc1nnc(-c2ccncc2)o1. The number of benzene rings is 1. The summed E-state index contributed by atoms with van der Waals surface area (Å²) in [6, 6.07) is 7.23. The highest BCUT2D eigenvalue weighted by atomic mass is 32.2. The average Bonchev–Trinajstić information content (AvgIpc) is 3.04. The first-order valence-electron chi connectivity index (χ1n) is 6.96. The number of hydrogen-bond acceptors (Lipinski definition) is 7. The first-order chi connectivity index (χ1) is 11.9. The third kappa shape index (κ3) is 4.04. The van der Waals surface area contributed by atoms with Gasteiger partial charge in [0.2, 0.25) is 11.8 Å². The van der Waals surface area contributed by atoms with Crippen molar-refractivity contribution in [2.45, 2.75) is 4.90 Å². The molecule has 0 atom stereocenters. The molecule has 2 heterocycles. The topological polar surface area (TPSA) is 115 Å². The van der Waals surface area contributed by atoms with Gasteiger partial charge in [-0.25, -0.2) is 12.8 Å². The number of nitrogens with one attached hydrogen (secondary N) is 1. The maximum Gasteiger partial charge on any atom is 0.322 e. The van der Waals surface area contributed by atoms with Crippen molar-refractivity contribution in [3.8, 4) is 11.5 Å².